The molecule has 1 amide bonds. The van der Waals surface area contributed by atoms with E-state index in [0.29, 0.717) is 5.69 Å². The van der Waals surface area contributed by atoms with E-state index in [9.17, 15) is 22.8 Å². The Morgan fingerprint density at radius 3 is 2.57 bits per heavy atom. The van der Waals surface area contributed by atoms with Gasteiger partial charge >= 0.3 is 0 Å². The number of anilines is 2. The Kier molecular flexibility index (Phi) is 4.66. The number of hydrogen-bond donors (Lipinski definition) is 3. The van der Waals surface area contributed by atoms with Crippen LogP contribution in [0.5, 0.6) is 0 Å². The third-order valence-corrected chi connectivity index (χ3v) is 4.39. The number of carbonyl (C=O) groups excluding carboxylic acids is 2. The van der Waals surface area contributed by atoms with E-state index >= 15 is 0 Å². The largest absolute Gasteiger partial charge is 0.366 e. The van der Waals surface area contributed by atoms with Gasteiger partial charge in [-0.25, -0.2) is 23.1 Å². The molecule has 30 heavy (non-hydrogen) atoms. The van der Waals surface area contributed by atoms with E-state index in [1.165, 1.54) is 30.7 Å². The molecular weight excluding hydrogens is 399 g/mol. The van der Waals surface area contributed by atoms with Gasteiger partial charge in [0, 0.05) is 11.9 Å². The molecule has 0 aliphatic rings. The molecule has 0 unspecified atom stereocenters. The third kappa shape index (κ3) is 3.24. The van der Waals surface area contributed by atoms with E-state index < -0.39 is 40.3 Å². The first-order valence-corrected chi connectivity index (χ1v) is 8.54. The number of halogens is 3. The van der Waals surface area contributed by atoms with Crippen molar-refractivity contribution in [1.82, 2.24) is 15.0 Å². The minimum Gasteiger partial charge on any atom is -0.366 e. The molecule has 0 fully saturated rings. The monoisotopic (exact) mass is 411 g/mol. The van der Waals surface area contributed by atoms with Gasteiger partial charge in [-0.1, -0.05) is 6.07 Å². The molecule has 7 nitrogen and oxygen atoms in total. The van der Waals surface area contributed by atoms with Crippen LogP contribution in [-0.2, 0) is 0 Å². The summed E-state index contributed by atoms with van der Waals surface area (Å²) in [6, 6.07) is 7.15. The molecule has 10 heteroatoms. The van der Waals surface area contributed by atoms with Crippen LogP contribution < -0.4 is 11.1 Å². The molecule has 0 saturated heterocycles. The number of amides is 1. The number of hydrogen-bond acceptors (Lipinski definition) is 5. The number of fused-ring (bicyclic) bond motifs is 1. The lowest BCUT2D eigenvalue weighted by Gasteiger charge is -2.09. The van der Waals surface area contributed by atoms with E-state index in [1.54, 1.807) is 6.07 Å². The van der Waals surface area contributed by atoms with Gasteiger partial charge in [0.25, 0.3) is 5.91 Å². The number of aromatic amines is 1. The summed E-state index contributed by atoms with van der Waals surface area (Å²) in [5.74, 6) is -5.09. The van der Waals surface area contributed by atoms with Crippen molar-refractivity contribution >= 4 is 34.2 Å². The first-order chi connectivity index (χ1) is 14.4. The maximum absolute atomic E-state index is 14.7. The maximum atomic E-state index is 14.7. The smallest absolute Gasteiger partial charge is 0.251 e. The minimum absolute atomic E-state index is 0.113. The lowest BCUT2D eigenvalue weighted by molar-refractivity contribution is 0.0996. The van der Waals surface area contributed by atoms with Crippen molar-refractivity contribution in [2.24, 2.45) is 5.73 Å². The average molecular weight is 411 g/mol. The summed E-state index contributed by atoms with van der Waals surface area (Å²) in [6.07, 6.45) is 2.41. The van der Waals surface area contributed by atoms with Crippen molar-refractivity contribution in [3.63, 3.8) is 0 Å². The number of nitrogens with two attached hydrogens (primary N) is 1. The molecule has 2 aromatic carbocycles. The van der Waals surface area contributed by atoms with E-state index in [2.05, 4.69) is 20.3 Å². The summed E-state index contributed by atoms with van der Waals surface area (Å²) in [6.45, 7) is 0. The van der Waals surface area contributed by atoms with Crippen LogP contribution in [0.2, 0.25) is 0 Å². The fourth-order valence-electron chi connectivity index (χ4n) is 3.03. The van der Waals surface area contributed by atoms with E-state index in [1.807, 2.05) is 0 Å². The first-order valence-electron chi connectivity index (χ1n) is 8.54. The van der Waals surface area contributed by atoms with Crippen molar-refractivity contribution < 1.29 is 22.8 Å². The van der Waals surface area contributed by atoms with Crippen LogP contribution in [0.15, 0.2) is 48.9 Å². The molecule has 0 atom stereocenters. The molecule has 4 rings (SSSR count). The SMILES string of the molecule is NC(=O)c1ccc(F)c(C(=O)c2c[nH]c3ncnc(Nc4cccc(F)c4)c23)c1F. The normalized spacial score (nSPS) is 10.9. The maximum Gasteiger partial charge on any atom is 0.251 e. The van der Waals surface area contributed by atoms with E-state index in [-0.39, 0.29) is 22.4 Å². The van der Waals surface area contributed by atoms with Gasteiger partial charge in [-0.15, -0.1) is 0 Å². The van der Waals surface area contributed by atoms with Gasteiger partial charge in [0.2, 0.25) is 5.78 Å². The topological polar surface area (TPSA) is 114 Å². The van der Waals surface area contributed by atoms with Crippen molar-refractivity contribution in [1.29, 1.82) is 0 Å². The van der Waals surface area contributed by atoms with Crippen molar-refractivity contribution in [2.75, 3.05) is 5.32 Å². The number of aromatic nitrogens is 3. The molecule has 0 radical (unpaired) electrons. The molecule has 0 bridgehead atoms. The number of carbonyl (C=O) groups is 2. The van der Waals surface area contributed by atoms with Crippen LogP contribution in [0, 0.1) is 17.5 Å². The molecule has 4 N–H and O–H groups in total. The molecule has 2 heterocycles. The Hall–Kier alpha value is -4.21. The predicted octanol–water partition coefficient (Wildman–Crippen LogP) is 3.45. The second kappa shape index (κ2) is 7.32. The number of rotatable bonds is 5. The Bertz CT molecular complexity index is 1320. The summed E-state index contributed by atoms with van der Waals surface area (Å²) >= 11 is 0. The Morgan fingerprint density at radius 2 is 1.83 bits per heavy atom. The number of nitrogens with one attached hydrogen (secondary N) is 2. The second-order valence-corrected chi connectivity index (χ2v) is 6.26. The average Bonchev–Trinajstić information content (AvgIpc) is 3.13. The molecule has 150 valence electrons. The van der Waals surface area contributed by atoms with E-state index in [0.717, 1.165) is 12.1 Å². The number of H-pyrrole nitrogens is 1. The molecular formula is C20H12F3N5O2. The van der Waals surface area contributed by atoms with Gasteiger partial charge in [-0.05, 0) is 30.3 Å². The summed E-state index contributed by atoms with van der Waals surface area (Å²) in [5, 5.41) is 2.99. The van der Waals surface area contributed by atoms with Gasteiger partial charge in [-0.2, -0.15) is 0 Å². The standard InChI is InChI=1S/C20H12F3N5O2/c21-9-2-1-3-10(6-9)28-20-14-12(7-25-19(14)26-8-27-20)17(29)15-13(22)5-4-11(16(15)23)18(24)30/h1-8H,(H2,24,30)(H2,25,26,27,28). The molecule has 0 spiro atoms. The molecule has 0 saturated carbocycles. The van der Waals surface area contributed by atoms with E-state index in [4.69, 9.17) is 5.73 Å². The third-order valence-electron chi connectivity index (χ3n) is 4.39. The summed E-state index contributed by atoms with van der Waals surface area (Å²) in [4.78, 5) is 35.2. The highest BCUT2D eigenvalue weighted by atomic mass is 19.1. The number of nitrogens with zero attached hydrogens (tertiary/aromatic N) is 2. The van der Waals surface area contributed by atoms with Crippen LogP contribution in [0.1, 0.15) is 26.3 Å². The zero-order valence-electron chi connectivity index (χ0n) is 15.0. The van der Waals surface area contributed by atoms with Crippen LogP contribution in [0.25, 0.3) is 11.0 Å². The molecule has 0 aliphatic heterocycles. The van der Waals surface area contributed by atoms with Crippen LogP contribution in [-0.4, -0.2) is 26.6 Å². The summed E-state index contributed by atoms with van der Waals surface area (Å²) < 4.78 is 42.5. The fourth-order valence-corrected chi connectivity index (χ4v) is 3.03. The fraction of sp³-hybridized carbons (Fsp3) is 0. The number of benzene rings is 2. The quantitative estimate of drug-likeness (QED) is 0.435. The highest BCUT2D eigenvalue weighted by molar-refractivity contribution is 6.19. The number of ketones is 1. The summed E-state index contributed by atoms with van der Waals surface area (Å²) in [7, 11) is 0. The lowest BCUT2D eigenvalue weighted by Crippen LogP contribution is -2.17. The Labute approximate surface area is 166 Å². The van der Waals surface area contributed by atoms with Crippen LogP contribution >= 0.6 is 0 Å². The van der Waals surface area contributed by atoms with Crippen molar-refractivity contribution in [3.8, 4) is 0 Å². The molecule has 2 aromatic heterocycles. The van der Waals surface area contributed by atoms with Crippen LogP contribution in [0.4, 0.5) is 24.7 Å². The zero-order chi connectivity index (χ0) is 21.4. The lowest BCUT2D eigenvalue weighted by atomic mass is 9.99. The molecule has 0 aliphatic carbocycles. The molecule has 4 aromatic rings. The first kappa shape index (κ1) is 19.1. The zero-order valence-corrected chi connectivity index (χ0v) is 15.0. The van der Waals surface area contributed by atoms with Gasteiger partial charge in [0.1, 0.15) is 35.2 Å². The van der Waals surface area contributed by atoms with Gasteiger partial charge in [-0.3, -0.25) is 9.59 Å². The minimum atomic E-state index is -1.36. The number of primary amides is 1. The van der Waals surface area contributed by atoms with Gasteiger partial charge in [0.15, 0.2) is 0 Å². The second-order valence-electron chi connectivity index (χ2n) is 6.26. The highest BCUT2D eigenvalue weighted by Gasteiger charge is 2.27. The highest BCUT2D eigenvalue weighted by Crippen LogP contribution is 2.29. The summed E-state index contributed by atoms with van der Waals surface area (Å²) in [5.41, 5.74) is 3.93. The van der Waals surface area contributed by atoms with Crippen molar-refractivity contribution in [2.45, 2.75) is 0 Å². The van der Waals surface area contributed by atoms with Gasteiger partial charge in [0.05, 0.1) is 22.1 Å². The Morgan fingerprint density at radius 1 is 1.03 bits per heavy atom. The van der Waals surface area contributed by atoms with Gasteiger partial charge < -0.3 is 16.0 Å². The Balaban J connectivity index is 1.86. The van der Waals surface area contributed by atoms with Crippen molar-refractivity contribution in [3.05, 3.63) is 83.1 Å². The van der Waals surface area contributed by atoms with Crippen LogP contribution in [0.3, 0.4) is 0 Å². The predicted molar refractivity (Wildman–Crippen MR) is 102 cm³/mol.